The van der Waals surface area contributed by atoms with Crippen LogP contribution in [-0.2, 0) is 14.3 Å². The van der Waals surface area contributed by atoms with Crippen molar-refractivity contribution in [2.24, 2.45) is 9.98 Å². The summed E-state index contributed by atoms with van der Waals surface area (Å²) in [6.07, 6.45) is 2.96. The molecule has 1 aliphatic rings. The number of carbonyl (C=O) groups is 1. The van der Waals surface area contributed by atoms with E-state index in [0.29, 0.717) is 17.0 Å². The summed E-state index contributed by atoms with van der Waals surface area (Å²) in [4.78, 5) is 18.4. The molecule has 18 heavy (non-hydrogen) atoms. The van der Waals surface area contributed by atoms with Gasteiger partial charge in [-0.2, -0.15) is 0 Å². The fourth-order valence-corrected chi connectivity index (χ4v) is 1.39. The van der Waals surface area contributed by atoms with Crippen molar-refractivity contribution >= 4 is 18.4 Å². The van der Waals surface area contributed by atoms with Crippen molar-refractivity contribution in [1.82, 2.24) is 0 Å². The molecular formula is C12H14N2O4. The molecule has 0 unspecified atom stereocenters. The summed E-state index contributed by atoms with van der Waals surface area (Å²) in [5.74, 6) is -0.271. The maximum Gasteiger partial charge on any atom is 0.308 e. The highest BCUT2D eigenvalue weighted by atomic mass is 16.6. The van der Waals surface area contributed by atoms with Gasteiger partial charge < -0.3 is 14.6 Å². The van der Waals surface area contributed by atoms with Crippen molar-refractivity contribution in [1.29, 1.82) is 0 Å². The number of aliphatic hydroxyl groups excluding tert-OH is 1. The molecule has 6 heteroatoms. The number of rotatable bonds is 3. The summed E-state index contributed by atoms with van der Waals surface area (Å²) >= 11 is 0. The number of carbonyl (C=O) groups excluding carboxylic acids is 1. The highest BCUT2D eigenvalue weighted by Gasteiger charge is 2.21. The predicted octanol–water partition coefficient (Wildman–Crippen LogP) is 1.52. The van der Waals surface area contributed by atoms with Crippen molar-refractivity contribution in [3.8, 4) is 0 Å². The van der Waals surface area contributed by atoms with Crippen molar-refractivity contribution in [3.63, 3.8) is 0 Å². The van der Waals surface area contributed by atoms with Crippen LogP contribution in [0.15, 0.2) is 45.1 Å². The Morgan fingerprint density at radius 2 is 2.06 bits per heavy atom. The smallest absolute Gasteiger partial charge is 0.308 e. The van der Waals surface area contributed by atoms with E-state index in [9.17, 15) is 9.90 Å². The first-order valence-electron chi connectivity index (χ1n) is 5.06. The molecule has 0 aromatic heterocycles. The minimum absolute atomic E-state index is 0.183. The Morgan fingerprint density at radius 3 is 2.50 bits per heavy atom. The molecule has 1 N–H and O–H groups in total. The quantitative estimate of drug-likeness (QED) is 0.468. The lowest BCUT2D eigenvalue weighted by molar-refractivity contribution is -0.137. The van der Waals surface area contributed by atoms with Crippen LogP contribution in [-0.4, -0.2) is 37.7 Å². The average molecular weight is 250 g/mol. The molecule has 0 aromatic rings. The van der Waals surface area contributed by atoms with E-state index in [1.165, 1.54) is 26.2 Å². The summed E-state index contributed by atoms with van der Waals surface area (Å²) in [7, 11) is 3.00. The number of nitrogens with zero attached hydrogens (tertiary/aromatic N) is 2. The first-order valence-corrected chi connectivity index (χ1v) is 5.06. The van der Waals surface area contributed by atoms with Crippen LogP contribution in [0.25, 0.3) is 0 Å². The Balaban J connectivity index is 3.32. The van der Waals surface area contributed by atoms with Crippen LogP contribution in [0.4, 0.5) is 0 Å². The third-order valence-electron chi connectivity index (χ3n) is 2.17. The molecule has 0 amide bonds. The molecule has 0 radical (unpaired) electrons. The lowest BCUT2D eigenvalue weighted by atomic mass is 10.0. The molecule has 0 aliphatic heterocycles. The van der Waals surface area contributed by atoms with Gasteiger partial charge in [0, 0.05) is 20.0 Å². The molecule has 0 saturated heterocycles. The number of allylic oxidation sites excluding steroid dienone is 3. The van der Waals surface area contributed by atoms with Crippen molar-refractivity contribution < 1.29 is 19.4 Å². The van der Waals surface area contributed by atoms with Crippen molar-refractivity contribution in [3.05, 3.63) is 35.1 Å². The standard InChI is InChI=1S/C12H14N2O4/c1-7(15)18-11-5-8(12(16)14-3)9(13-2)6-10(11)17-4/h5-6,16H,3H2,1-2,4H3/b12-8+,13-9-. The van der Waals surface area contributed by atoms with Gasteiger partial charge in [-0.05, 0) is 12.8 Å². The summed E-state index contributed by atoms with van der Waals surface area (Å²) in [5.41, 5.74) is 0.761. The van der Waals surface area contributed by atoms with Gasteiger partial charge in [0.05, 0.1) is 18.4 Å². The Hall–Kier alpha value is -2.37. The Morgan fingerprint density at radius 1 is 1.39 bits per heavy atom. The lowest BCUT2D eigenvalue weighted by Gasteiger charge is -2.16. The fraction of sp³-hybridized carbons (Fsp3) is 0.250. The number of hydrogen-bond donors (Lipinski definition) is 1. The molecule has 1 aliphatic carbocycles. The number of hydrogen-bond acceptors (Lipinski definition) is 6. The number of aliphatic imine (C=N–C) groups is 2. The second-order valence-corrected chi connectivity index (χ2v) is 3.32. The molecule has 96 valence electrons. The van der Waals surface area contributed by atoms with Crippen LogP contribution < -0.4 is 0 Å². The van der Waals surface area contributed by atoms with Crippen LogP contribution in [0.3, 0.4) is 0 Å². The first-order chi connectivity index (χ1) is 8.53. The second-order valence-electron chi connectivity index (χ2n) is 3.32. The van der Waals surface area contributed by atoms with Gasteiger partial charge in [-0.1, -0.05) is 0 Å². The van der Waals surface area contributed by atoms with E-state index >= 15 is 0 Å². The van der Waals surface area contributed by atoms with E-state index < -0.39 is 5.97 Å². The minimum atomic E-state index is -0.494. The van der Waals surface area contributed by atoms with Gasteiger partial charge in [0.2, 0.25) is 5.88 Å². The summed E-state index contributed by atoms with van der Waals surface area (Å²) in [6.45, 7) is 4.50. The summed E-state index contributed by atoms with van der Waals surface area (Å²) < 4.78 is 10.1. The molecule has 0 atom stereocenters. The monoisotopic (exact) mass is 250 g/mol. The molecule has 0 aromatic carbocycles. The normalized spacial score (nSPS) is 19.8. The fourth-order valence-electron chi connectivity index (χ4n) is 1.39. The van der Waals surface area contributed by atoms with Crippen LogP contribution in [0, 0.1) is 0 Å². The van der Waals surface area contributed by atoms with Crippen LogP contribution in [0.1, 0.15) is 6.92 Å². The molecule has 0 bridgehead atoms. The molecule has 1 rings (SSSR count). The second kappa shape index (κ2) is 5.81. The van der Waals surface area contributed by atoms with E-state index in [1.54, 1.807) is 7.05 Å². The van der Waals surface area contributed by atoms with E-state index in [1.807, 2.05) is 0 Å². The summed E-state index contributed by atoms with van der Waals surface area (Å²) in [5, 5.41) is 9.61. The predicted molar refractivity (Wildman–Crippen MR) is 67.5 cm³/mol. The van der Waals surface area contributed by atoms with Gasteiger partial charge in [-0.3, -0.25) is 9.79 Å². The Bertz CT molecular complexity index is 498. The number of ether oxygens (including phenoxy) is 2. The zero-order valence-corrected chi connectivity index (χ0v) is 10.4. The topological polar surface area (TPSA) is 80.5 Å². The molecule has 0 heterocycles. The molecular weight excluding hydrogens is 236 g/mol. The van der Waals surface area contributed by atoms with Crippen LogP contribution >= 0.6 is 0 Å². The van der Waals surface area contributed by atoms with E-state index in [4.69, 9.17) is 9.47 Å². The van der Waals surface area contributed by atoms with Gasteiger partial charge >= 0.3 is 5.97 Å². The van der Waals surface area contributed by atoms with Crippen LogP contribution in [0.5, 0.6) is 0 Å². The highest BCUT2D eigenvalue weighted by Crippen LogP contribution is 2.24. The highest BCUT2D eigenvalue weighted by molar-refractivity contribution is 6.12. The lowest BCUT2D eigenvalue weighted by Crippen LogP contribution is -2.13. The van der Waals surface area contributed by atoms with Gasteiger partial charge in [-0.15, -0.1) is 0 Å². The van der Waals surface area contributed by atoms with Gasteiger partial charge in [0.25, 0.3) is 0 Å². The van der Waals surface area contributed by atoms with Crippen LogP contribution in [0.2, 0.25) is 0 Å². The van der Waals surface area contributed by atoms with Gasteiger partial charge in [0.1, 0.15) is 0 Å². The number of aliphatic hydroxyl groups is 1. The molecule has 0 spiro atoms. The van der Waals surface area contributed by atoms with E-state index in [0.717, 1.165) is 0 Å². The van der Waals surface area contributed by atoms with E-state index in [2.05, 4.69) is 16.7 Å². The van der Waals surface area contributed by atoms with E-state index in [-0.39, 0.29) is 11.6 Å². The average Bonchev–Trinajstić information content (AvgIpc) is 2.36. The molecule has 6 nitrogen and oxygen atoms in total. The largest absolute Gasteiger partial charge is 0.493 e. The summed E-state index contributed by atoms with van der Waals surface area (Å²) in [6, 6.07) is 0. The van der Waals surface area contributed by atoms with Gasteiger partial charge in [-0.25, -0.2) is 4.99 Å². The zero-order valence-electron chi connectivity index (χ0n) is 10.4. The third kappa shape index (κ3) is 2.85. The van der Waals surface area contributed by atoms with Crippen molar-refractivity contribution in [2.75, 3.05) is 14.2 Å². The minimum Gasteiger partial charge on any atom is -0.493 e. The number of esters is 1. The van der Waals surface area contributed by atoms with Crippen molar-refractivity contribution in [2.45, 2.75) is 6.92 Å². The SMILES string of the molecule is C=N/C(O)=C1/C=C(OC(C)=O)C(OC)=C/C1=N/C. The Labute approximate surface area is 105 Å². The molecule has 0 fully saturated rings. The third-order valence-corrected chi connectivity index (χ3v) is 2.17. The molecule has 0 saturated carbocycles. The number of methoxy groups -OCH3 is 1. The maximum atomic E-state index is 11.0. The first kappa shape index (κ1) is 13.7. The maximum absolute atomic E-state index is 11.0. The van der Waals surface area contributed by atoms with Gasteiger partial charge in [0.15, 0.2) is 11.5 Å². The Kier molecular flexibility index (Phi) is 4.42. The zero-order chi connectivity index (χ0) is 13.7.